The summed E-state index contributed by atoms with van der Waals surface area (Å²) in [5, 5.41) is 9.18. The second-order valence-corrected chi connectivity index (χ2v) is 9.30. The van der Waals surface area contributed by atoms with Crippen LogP contribution >= 0.6 is 0 Å². The van der Waals surface area contributed by atoms with Crippen molar-refractivity contribution in [2.75, 3.05) is 0 Å². The average molecular weight is 415 g/mol. The van der Waals surface area contributed by atoms with Crippen LogP contribution in [0.3, 0.4) is 0 Å². The maximum absolute atomic E-state index is 13.1. The molecule has 0 unspecified atom stereocenters. The van der Waals surface area contributed by atoms with Gasteiger partial charge < -0.3 is 0 Å². The Labute approximate surface area is 184 Å². The quantitative estimate of drug-likeness (QED) is 0.544. The molecule has 1 saturated carbocycles. The number of amides is 1. The molecule has 2 aromatic carbocycles. The first-order chi connectivity index (χ1) is 14.9. The summed E-state index contributed by atoms with van der Waals surface area (Å²) in [6.07, 6.45) is 5.91. The van der Waals surface area contributed by atoms with Crippen LogP contribution in [0.2, 0.25) is 0 Å². The van der Waals surface area contributed by atoms with Gasteiger partial charge in [0.15, 0.2) is 0 Å². The van der Waals surface area contributed by atoms with E-state index < -0.39 is 0 Å². The monoisotopic (exact) mass is 414 g/mol. The number of hydrogen-bond donors (Lipinski definition) is 1. The largest absolute Gasteiger partial charge is 0.275 e. The van der Waals surface area contributed by atoms with E-state index >= 15 is 0 Å². The summed E-state index contributed by atoms with van der Waals surface area (Å²) in [4.78, 5) is 13.1. The maximum Gasteiger partial charge on any atom is 0.275 e. The Morgan fingerprint density at radius 3 is 2.23 bits per heavy atom. The van der Waals surface area contributed by atoms with Crippen LogP contribution in [0, 0.1) is 11.3 Å². The molecule has 1 heterocycles. The van der Waals surface area contributed by atoms with Gasteiger partial charge in [0.2, 0.25) is 0 Å². The molecule has 3 aromatic rings. The molecule has 0 spiro atoms. The lowest BCUT2D eigenvalue weighted by molar-refractivity contribution is 0.0955. The molecule has 1 aliphatic rings. The molecule has 31 heavy (non-hydrogen) atoms. The van der Waals surface area contributed by atoms with E-state index in [1.165, 1.54) is 0 Å². The summed E-state index contributed by atoms with van der Waals surface area (Å²) in [7, 11) is 0. The van der Waals surface area contributed by atoms with Gasteiger partial charge in [0.25, 0.3) is 5.91 Å². The number of para-hydroxylation sites is 1. The number of nitrogens with zero attached hydrogens (tertiary/aromatic N) is 3. The van der Waals surface area contributed by atoms with Crippen molar-refractivity contribution in [1.29, 1.82) is 0 Å². The third-order valence-electron chi connectivity index (χ3n) is 6.13. The number of benzene rings is 2. The minimum Gasteiger partial charge on any atom is -0.267 e. The highest BCUT2D eigenvalue weighted by molar-refractivity contribution is 6.00. The van der Waals surface area contributed by atoms with Crippen molar-refractivity contribution in [2.24, 2.45) is 16.4 Å². The molecule has 1 fully saturated rings. The van der Waals surface area contributed by atoms with Crippen LogP contribution in [-0.2, 0) is 0 Å². The van der Waals surface area contributed by atoms with Gasteiger partial charge in [-0.05, 0) is 49.1 Å². The van der Waals surface area contributed by atoms with Crippen molar-refractivity contribution < 1.29 is 4.79 Å². The van der Waals surface area contributed by atoms with Gasteiger partial charge in [-0.25, -0.2) is 10.1 Å². The first-order valence-corrected chi connectivity index (χ1v) is 11.0. The molecule has 0 bridgehead atoms. The first kappa shape index (κ1) is 21.0. The van der Waals surface area contributed by atoms with Crippen LogP contribution in [0.15, 0.2) is 72.0 Å². The van der Waals surface area contributed by atoms with Crippen molar-refractivity contribution in [3.8, 4) is 16.9 Å². The minimum absolute atomic E-state index is 0.230. The van der Waals surface area contributed by atoms with E-state index in [0.29, 0.717) is 22.6 Å². The number of hydrazone groups is 1. The third kappa shape index (κ3) is 4.93. The van der Waals surface area contributed by atoms with Crippen molar-refractivity contribution in [2.45, 2.75) is 46.5 Å². The Morgan fingerprint density at radius 2 is 1.61 bits per heavy atom. The Bertz CT molecular complexity index is 1050. The van der Waals surface area contributed by atoms with E-state index in [1.807, 2.05) is 60.7 Å². The number of hydrogen-bond acceptors (Lipinski definition) is 3. The molecule has 5 nitrogen and oxygen atoms in total. The van der Waals surface area contributed by atoms with Crippen molar-refractivity contribution in [3.63, 3.8) is 0 Å². The standard InChI is InChI=1S/C26H30N4O/c1-26(2,3)20-14-16-21(17-15-20)27-28-25(31)23-18-30(22-12-8-5-9-13-22)29-24(23)19-10-6-4-7-11-19/h4-13,18,20H,14-17H2,1-3H3,(H,28,31). The van der Waals surface area contributed by atoms with E-state index in [2.05, 4.69) is 31.3 Å². The Morgan fingerprint density at radius 1 is 1.00 bits per heavy atom. The number of nitrogens with one attached hydrogen (secondary N) is 1. The molecule has 160 valence electrons. The molecule has 0 radical (unpaired) electrons. The van der Waals surface area contributed by atoms with Crippen LogP contribution in [-0.4, -0.2) is 21.4 Å². The number of carbonyl (C=O) groups is 1. The molecule has 1 N–H and O–H groups in total. The van der Waals surface area contributed by atoms with Gasteiger partial charge in [0.05, 0.1) is 11.3 Å². The fourth-order valence-corrected chi connectivity index (χ4v) is 4.18. The molecule has 1 amide bonds. The van der Waals surface area contributed by atoms with E-state index in [4.69, 9.17) is 5.10 Å². The summed E-state index contributed by atoms with van der Waals surface area (Å²) in [6, 6.07) is 19.6. The van der Waals surface area contributed by atoms with Crippen molar-refractivity contribution >= 4 is 11.6 Å². The van der Waals surface area contributed by atoms with Gasteiger partial charge in [-0.1, -0.05) is 69.3 Å². The fourth-order valence-electron chi connectivity index (χ4n) is 4.18. The highest BCUT2D eigenvalue weighted by Crippen LogP contribution is 2.36. The summed E-state index contributed by atoms with van der Waals surface area (Å²) in [5.74, 6) is 0.474. The number of rotatable bonds is 4. The summed E-state index contributed by atoms with van der Waals surface area (Å²) in [5.41, 5.74) is 7.17. The van der Waals surface area contributed by atoms with Gasteiger partial charge in [-0.15, -0.1) is 0 Å². The highest BCUT2D eigenvalue weighted by Gasteiger charge is 2.28. The molecule has 1 aromatic heterocycles. The van der Waals surface area contributed by atoms with Gasteiger partial charge in [0.1, 0.15) is 5.69 Å². The SMILES string of the molecule is CC(C)(C)C1CCC(=NNC(=O)c2cn(-c3ccccc3)nc2-c2ccccc2)CC1. The zero-order chi connectivity index (χ0) is 21.8. The van der Waals surface area contributed by atoms with Gasteiger partial charge in [-0.2, -0.15) is 10.2 Å². The topological polar surface area (TPSA) is 59.3 Å². The summed E-state index contributed by atoms with van der Waals surface area (Å²) in [6.45, 7) is 6.91. The van der Waals surface area contributed by atoms with E-state index in [1.54, 1.807) is 10.9 Å². The normalized spacial score (nSPS) is 16.7. The molecule has 0 aliphatic heterocycles. The molecule has 0 saturated heterocycles. The Kier molecular flexibility index (Phi) is 6.03. The second kappa shape index (κ2) is 8.88. The molecular weight excluding hydrogens is 384 g/mol. The van der Waals surface area contributed by atoms with Crippen LogP contribution in [0.5, 0.6) is 0 Å². The zero-order valence-corrected chi connectivity index (χ0v) is 18.5. The van der Waals surface area contributed by atoms with Crippen LogP contribution < -0.4 is 5.43 Å². The molecule has 1 aliphatic carbocycles. The van der Waals surface area contributed by atoms with E-state index in [0.717, 1.165) is 42.6 Å². The number of aromatic nitrogens is 2. The molecule has 4 rings (SSSR count). The third-order valence-corrected chi connectivity index (χ3v) is 6.13. The summed E-state index contributed by atoms with van der Waals surface area (Å²) < 4.78 is 1.75. The fraction of sp³-hybridized carbons (Fsp3) is 0.346. The van der Waals surface area contributed by atoms with Crippen LogP contribution in [0.1, 0.15) is 56.8 Å². The maximum atomic E-state index is 13.1. The Hall–Kier alpha value is -3.21. The minimum atomic E-state index is -0.230. The molecular formula is C26H30N4O. The Balaban J connectivity index is 1.55. The van der Waals surface area contributed by atoms with Crippen LogP contribution in [0.25, 0.3) is 16.9 Å². The lowest BCUT2D eigenvalue weighted by atomic mass is 9.72. The summed E-state index contributed by atoms with van der Waals surface area (Å²) >= 11 is 0. The van der Waals surface area contributed by atoms with E-state index in [-0.39, 0.29) is 5.91 Å². The lowest BCUT2D eigenvalue weighted by Gasteiger charge is -2.34. The van der Waals surface area contributed by atoms with Gasteiger partial charge in [0, 0.05) is 17.5 Å². The van der Waals surface area contributed by atoms with Crippen LogP contribution in [0.4, 0.5) is 0 Å². The predicted octanol–water partition coefficient (Wildman–Crippen LogP) is 5.86. The lowest BCUT2D eigenvalue weighted by Crippen LogP contribution is -2.27. The molecule has 0 atom stereocenters. The highest BCUT2D eigenvalue weighted by atomic mass is 16.2. The average Bonchev–Trinajstić information content (AvgIpc) is 3.24. The number of carbonyl (C=O) groups excluding carboxylic acids is 1. The smallest absolute Gasteiger partial charge is 0.267 e. The zero-order valence-electron chi connectivity index (χ0n) is 18.5. The van der Waals surface area contributed by atoms with Gasteiger partial charge in [-0.3, -0.25) is 4.79 Å². The van der Waals surface area contributed by atoms with Crippen molar-refractivity contribution in [3.05, 3.63) is 72.4 Å². The van der Waals surface area contributed by atoms with Gasteiger partial charge >= 0.3 is 0 Å². The van der Waals surface area contributed by atoms with E-state index in [9.17, 15) is 4.79 Å². The predicted molar refractivity (Wildman–Crippen MR) is 125 cm³/mol. The first-order valence-electron chi connectivity index (χ1n) is 11.0. The van der Waals surface area contributed by atoms with Crippen molar-refractivity contribution in [1.82, 2.24) is 15.2 Å². The second-order valence-electron chi connectivity index (χ2n) is 9.30. The molecule has 5 heteroatoms.